The fourth-order valence-electron chi connectivity index (χ4n) is 4.12. The molecule has 2 rings (SSSR count). The van der Waals surface area contributed by atoms with Gasteiger partial charge in [-0.3, -0.25) is 34.2 Å². The highest BCUT2D eigenvalue weighted by Crippen LogP contribution is 2.27. The number of nitro groups is 1. The van der Waals surface area contributed by atoms with E-state index >= 15 is 0 Å². The summed E-state index contributed by atoms with van der Waals surface area (Å²) in [6, 6.07) is 4.14. The van der Waals surface area contributed by atoms with Crippen LogP contribution in [0.3, 0.4) is 0 Å². The monoisotopic (exact) mass is 1080 g/mol. The molecule has 0 saturated heterocycles. The van der Waals surface area contributed by atoms with Crippen LogP contribution in [0.25, 0.3) is 0 Å². The summed E-state index contributed by atoms with van der Waals surface area (Å²) in [5.74, 6) is -3.10. The number of rotatable bonds is 52. The van der Waals surface area contributed by atoms with Crippen molar-refractivity contribution < 1.29 is 204 Å². The van der Waals surface area contributed by atoms with E-state index in [0.29, 0.717) is 0 Å². The van der Waals surface area contributed by atoms with Crippen molar-refractivity contribution in [2.24, 2.45) is 5.41 Å². The van der Waals surface area contributed by atoms with E-state index in [0.717, 1.165) is 61.8 Å². The SMILES string of the molecule is COOOOOOOOOOOOOCC(COOOOOOOOOOOOOC)(COC(=O)c1ccc([N+](=O)[O-])cc1)CC(=O)CCOCCOOOOOOO/C=C/CC(=O)CCN1C(=O)C=CC1=O. The zero-order valence-electron chi connectivity index (χ0n) is 36.4. The van der Waals surface area contributed by atoms with Gasteiger partial charge in [-0.05, 0) is 139 Å². The minimum absolute atomic E-state index is 0.0835. The van der Waals surface area contributed by atoms with E-state index in [1.807, 2.05) is 0 Å². The van der Waals surface area contributed by atoms with E-state index in [9.17, 15) is 34.1 Å². The number of hydrogen-bond donors (Lipinski definition) is 0. The number of non-ortho nitro benzene ring substituents is 1. The van der Waals surface area contributed by atoms with Gasteiger partial charge < -0.3 is 14.4 Å². The highest BCUT2D eigenvalue weighted by Gasteiger charge is 2.38. The first-order chi connectivity index (χ1) is 35.6. The van der Waals surface area contributed by atoms with Gasteiger partial charge in [0.15, 0.2) is 0 Å². The number of imide groups is 1. The van der Waals surface area contributed by atoms with Crippen LogP contribution in [-0.2, 0) is 194 Å². The molecule has 414 valence electrons. The Morgan fingerprint density at radius 1 is 0.562 bits per heavy atom. The van der Waals surface area contributed by atoms with E-state index in [-0.39, 0.29) is 62.7 Å². The molecule has 0 unspecified atom stereocenters. The minimum atomic E-state index is -1.89. The normalized spacial score (nSPS) is 12.7. The van der Waals surface area contributed by atoms with Crippen LogP contribution in [-0.4, -0.2) is 99.6 Å². The molecule has 44 heteroatoms. The molecule has 1 heterocycles. The number of allylic oxidation sites excluding steroid dienone is 1. The number of carbonyl (C=O) groups excluding carboxylic acids is 5. The summed E-state index contributed by atoms with van der Waals surface area (Å²) in [7, 11) is 2.09. The molecular formula is C29H36N2O42. The van der Waals surface area contributed by atoms with E-state index in [1.165, 1.54) is 6.08 Å². The fraction of sp³-hybridized carbons (Fsp3) is 0.483. The molecule has 0 atom stereocenters. The Balaban J connectivity index is 1.83. The first kappa shape index (κ1) is 63.6. The van der Waals surface area contributed by atoms with Crippen LogP contribution in [0.15, 0.2) is 48.8 Å². The molecule has 1 aliphatic heterocycles. The molecule has 1 aliphatic rings. The zero-order chi connectivity index (χ0) is 52.9. The number of Topliss-reactive ketones (excluding diaryl/α,β-unsaturated/α-hetero) is 2. The molecule has 0 aromatic heterocycles. The average molecular weight is 1080 g/mol. The van der Waals surface area contributed by atoms with Crippen molar-refractivity contribution in [2.75, 3.05) is 60.4 Å². The molecule has 0 fully saturated rings. The standard InChI is InChI=1S/C29H36N2O42/c1-39-47-53-59-64-68-72-70-66-62-57-51-45-20-29(19-42-28(36)22-5-7-23(8-6-22)31(37)38,21-46-52-58-63-67-71-73-69-65-60-54-48-40-2)18-25(33)12-15-41-16-17-44-50-56-61-55-49-43-14-3-4-24(32)11-13-30-26(34)9-10-27(30)35/h3,5-10,14H,4,11-13,15-21H2,1-2H3/b14-3+. The highest BCUT2D eigenvalue weighted by atomic mass is 18.0. The van der Waals surface area contributed by atoms with Crippen LogP contribution < -0.4 is 0 Å². The van der Waals surface area contributed by atoms with Gasteiger partial charge in [0.1, 0.15) is 31.0 Å². The second-order valence-electron chi connectivity index (χ2n) is 11.6. The van der Waals surface area contributed by atoms with Gasteiger partial charge in [0, 0.05) is 71.6 Å². The summed E-state index contributed by atoms with van der Waals surface area (Å²) in [6.07, 6.45) is 3.06. The lowest BCUT2D eigenvalue weighted by Crippen LogP contribution is -2.40. The smallest absolute Gasteiger partial charge is 0.338 e. The molecule has 1 aromatic rings. The lowest BCUT2D eigenvalue weighted by molar-refractivity contribution is -0.870. The number of esters is 1. The maximum Gasteiger partial charge on any atom is 0.338 e. The largest absolute Gasteiger partial charge is 0.461 e. The van der Waals surface area contributed by atoms with Gasteiger partial charge in [-0.15, -0.1) is 0 Å². The van der Waals surface area contributed by atoms with Crippen LogP contribution in [0.5, 0.6) is 0 Å². The summed E-state index contributed by atoms with van der Waals surface area (Å²) in [4.78, 5) is 98.9. The Kier molecular flexibility index (Phi) is 37.5. The molecule has 0 saturated carbocycles. The lowest BCUT2D eigenvalue weighted by Gasteiger charge is -2.30. The van der Waals surface area contributed by atoms with Crippen LogP contribution >= 0.6 is 0 Å². The number of nitrogens with zero attached hydrogens (tertiary/aromatic N) is 2. The van der Waals surface area contributed by atoms with Gasteiger partial charge in [-0.25, -0.2) is 29.2 Å². The van der Waals surface area contributed by atoms with Crippen molar-refractivity contribution in [3.8, 4) is 0 Å². The van der Waals surface area contributed by atoms with Crippen molar-refractivity contribution >= 4 is 35.0 Å². The first-order valence-corrected chi connectivity index (χ1v) is 18.4. The Bertz CT molecular complexity index is 1670. The van der Waals surface area contributed by atoms with Crippen molar-refractivity contribution in [3.05, 3.63) is 64.4 Å². The maximum absolute atomic E-state index is 13.2. The minimum Gasteiger partial charge on any atom is -0.461 e. The Labute approximate surface area is 400 Å². The van der Waals surface area contributed by atoms with Crippen molar-refractivity contribution in [1.29, 1.82) is 0 Å². The van der Waals surface area contributed by atoms with Crippen molar-refractivity contribution in [1.82, 2.24) is 4.90 Å². The van der Waals surface area contributed by atoms with E-state index in [2.05, 4.69) is 156 Å². The fourth-order valence-corrected chi connectivity index (χ4v) is 4.12. The number of ketones is 2. The van der Waals surface area contributed by atoms with Gasteiger partial charge in [0.05, 0.1) is 56.5 Å². The molecule has 0 radical (unpaired) electrons. The molecule has 0 aliphatic carbocycles. The molecule has 1 aromatic carbocycles. The van der Waals surface area contributed by atoms with E-state index in [1.54, 1.807) is 0 Å². The number of benzene rings is 1. The van der Waals surface area contributed by atoms with Crippen molar-refractivity contribution in [3.63, 3.8) is 0 Å². The average Bonchev–Trinajstić information content (AvgIpc) is 3.71. The zero-order valence-corrected chi connectivity index (χ0v) is 36.4. The van der Waals surface area contributed by atoms with Crippen LogP contribution in [0.1, 0.15) is 36.0 Å². The van der Waals surface area contributed by atoms with Gasteiger partial charge in [0.2, 0.25) is 0 Å². The number of carbonyl (C=O) groups is 5. The van der Waals surface area contributed by atoms with Crippen LogP contribution in [0.2, 0.25) is 0 Å². The number of ether oxygens (including phenoxy) is 2. The Morgan fingerprint density at radius 2 is 1.03 bits per heavy atom. The maximum atomic E-state index is 13.2. The molecule has 0 bridgehead atoms. The highest BCUT2D eigenvalue weighted by molar-refractivity contribution is 6.13. The molecule has 73 heavy (non-hydrogen) atoms. The number of hydrogen-bond acceptors (Lipinski definition) is 42. The topological polar surface area (TPSA) is 455 Å². The molecule has 0 spiro atoms. The Morgan fingerprint density at radius 3 is 1.52 bits per heavy atom. The third-order valence-electron chi connectivity index (χ3n) is 6.96. The predicted molar refractivity (Wildman–Crippen MR) is 182 cm³/mol. The van der Waals surface area contributed by atoms with Gasteiger partial charge >= 0.3 is 5.97 Å². The molecule has 44 nitrogen and oxygen atoms in total. The Hall–Kier alpha value is -5.47. The lowest BCUT2D eigenvalue weighted by atomic mass is 9.84. The van der Waals surface area contributed by atoms with Crippen molar-refractivity contribution in [2.45, 2.75) is 25.7 Å². The predicted octanol–water partition coefficient (Wildman–Crippen LogP) is 0.149. The summed E-state index contributed by atoms with van der Waals surface area (Å²) in [5, 5.41) is 115. The van der Waals surface area contributed by atoms with E-state index in [4.69, 9.17) is 19.2 Å². The summed E-state index contributed by atoms with van der Waals surface area (Å²) < 4.78 is 10.6. The van der Waals surface area contributed by atoms with Crippen LogP contribution in [0, 0.1) is 15.5 Å². The first-order valence-electron chi connectivity index (χ1n) is 18.4. The second kappa shape index (κ2) is 43.0. The number of amides is 2. The quantitative estimate of drug-likeness (QED) is 0.0159. The number of nitro benzene ring substituents is 1. The molecular weight excluding hydrogens is 1050 g/mol. The van der Waals surface area contributed by atoms with Gasteiger partial charge in [0.25, 0.3) is 17.5 Å². The summed E-state index contributed by atoms with van der Waals surface area (Å²) in [6.45, 7) is -3.48. The molecule has 2 amide bonds. The molecule has 0 N–H and O–H groups in total. The summed E-state index contributed by atoms with van der Waals surface area (Å²) >= 11 is 0. The van der Waals surface area contributed by atoms with Crippen LogP contribution in [0.4, 0.5) is 5.69 Å². The van der Waals surface area contributed by atoms with Gasteiger partial charge in [-0.2, -0.15) is 0 Å². The van der Waals surface area contributed by atoms with E-state index < -0.39 is 60.1 Å². The van der Waals surface area contributed by atoms with Gasteiger partial charge in [-0.1, -0.05) is 0 Å². The third-order valence-corrected chi connectivity index (χ3v) is 6.96. The summed E-state index contributed by atoms with van der Waals surface area (Å²) in [5.41, 5.74) is -2.43. The third kappa shape index (κ3) is 33.1. The second-order valence-corrected chi connectivity index (χ2v) is 11.6.